The van der Waals surface area contributed by atoms with Crippen molar-refractivity contribution in [3.05, 3.63) is 89.8 Å². The number of carboxylic acid groups (broad SMARTS) is 1. The van der Waals surface area contributed by atoms with Gasteiger partial charge >= 0.3 is 5.97 Å². The zero-order valence-corrected chi connectivity index (χ0v) is 15.3. The molecule has 7 heteroatoms. The van der Waals surface area contributed by atoms with E-state index in [-0.39, 0.29) is 5.56 Å². The molecular formula is C21H20FN3O3. The number of pyridine rings is 2. The Hall–Kier alpha value is -3.32. The lowest BCUT2D eigenvalue weighted by Crippen LogP contribution is -2.34. The Morgan fingerprint density at radius 2 is 1.71 bits per heavy atom. The molecule has 0 aliphatic carbocycles. The molecular weight excluding hydrogens is 361 g/mol. The first kappa shape index (κ1) is 19.4. The highest BCUT2D eigenvalue weighted by molar-refractivity contribution is 5.76. The monoisotopic (exact) mass is 381 g/mol. The molecule has 0 unspecified atom stereocenters. The van der Waals surface area contributed by atoms with Crippen LogP contribution < -0.4 is 4.74 Å². The van der Waals surface area contributed by atoms with Crippen molar-refractivity contribution in [1.82, 2.24) is 14.9 Å². The zero-order valence-electron chi connectivity index (χ0n) is 15.3. The molecule has 0 amide bonds. The molecule has 0 aliphatic rings. The Morgan fingerprint density at radius 3 is 2.18 bits per heavy atom. The quantitative estimate of drug-likeness (QED) is 0.644. The average Bonchev–Trinajstić information content (AvgIpc) is 2.69. The molecule has 0 bridgehead atoms. The van der Waals surface area contributed by atoms with Crippen LogP contribution in [-0.4, -0.2) is 33.1 Å². The lowest BCUT2D eigenvalue weighted by molar-refractivity contribution is -0.144. The summed E-state index contributed by atoms with van der Waals surface area (Å²) in [5.74, 6) is -1.31. The molecule has 6 nitrogen and oxygen atoms in total. The first-order valence-corrected chi connectivity index (χ1v) is 8.66. The van der Waals surface area contributed by atoms with Crippen molar-refractivity contribution in [2.75, 3.05) is 7.11 Å². The third kappa shape index (κ3) is 4.69. The Kier molecular flexibility index (Phi) is 6.29. The van der Waals surface area contributed by atoms with E-state index in [4.69, 9.17) is 4.74 Å². The van der Waals surface area contributed by atoms with Crippen molar-refractivity contribution < 1.29 is 19.0 Å². The first-order valence-electron chi connectivity index (χ1n) is 8.66. The van der Waals surface area contributed by atoms with Gasteiger partial charge in [-0.1, -0.05) is 12.1 Å². The number of hydrogen-bond donors (Lipinski definition) is 1. The smallest absolute Gasteiger partial charge is 0.325 e. The van der Waals surface area contributed by atoms with Crippen LogP contribution in [0.5, 0.6) is 5.75 Å². The van der Waals surface area contributed by atoms with Crippen LogP contribution >= 0.6 is 0 Å². The number of hydrogen-bond acceptors (Lipinski definition) is 5. The molecule has 0 saturated carbocycles. The highest BCUT2D eigenvalue weighted by Gasteiger charge is 2.31. The fraction of sp³-hybridized carbons (Fsp3) is 0.190. The molecule has 0 aliphatic heterocycles. The van der Waals surface area contributed by atoms with Gasteiger partial charge in [-0.15, -0.1) is 0 Å². The number of benzene rings is 1. The highest BCUT2D eigenvalue weighted by atomic mass is 19.1. The molecule has 3 rings (SSSR count). The van der Waals surface area contributed by atoms with Crippen LogP contribution in [0, 0.1) is 5.82 Å². The summed E-state index contributed by atoms with van der Waals surface area (Å²) >= 11 is 0. The number of nitrogens with zero attached hydrogens (tertiary/aromatic N) is 3. The van der Waals surface area contributed by atoms with Crippen LogP contribution in [0.1, 0.15) is 22.7 Å². The Labute approximate surface area is 162 Å². The van der Waals surface area contributed by atoms with E-state index in [1.54, 1.807) is 41.8 Å². The number of rotatable bonds is 8. The van der Waals surface area contributed by atoms with Gasteiger partial charge in [0.05, 0.1) is 7.11 Å². The summed E-state index contributed by atoms with van der Waals surface area (Å²) in [6.07, 6.45) is 6.66. The van der Waals surface area contributed by atoms with Crippen molar-refractivity contribution in [1.29, 1.82) is 0 Å². The van der Waals surface area contributed by atoms with E-state index in [0.29, 0.717) is 18.8 Å². The summed E-state index contributed by atoms with van der Waals surface area (Å²) in [6.45, 7) is 0.610. The fourth-order valence-electron chi connectivity index (χ4n) is 3.10. The maximum absolute atomic E-state index is 13.9. The first-order chi connectivity index (χ1) is 13.6. The molecule has 28 heavy (non-hydrogen) atoms. The van der Waals surface area contributed by atoms with E-state index >= 15 is 0 Å². The van der Waals surface area contributed by atoms with Gasteiger partial charge in [0.25, 0.3) is 0 Å². The number of aliphatic carboxylic acids is 1. The third-order valence-electron chi connectivity index (χ3n) is 4.30. The molecule has 2 heterocycles. The van der Waals surface area contributed by atoms with Crippen LogP contribution in [0.3, 0.4) is 0 Å². The maximum Gasteiger partial charge on any atom is 0.325 e. The van der Waals surface area contributed by atoms with Crippen LogP contribution in [0.4, 0.5) is 4.39 Å². The third-order valence-corrected chi connectivity index (χ3v) is 4.30. The van der Waals surface area contributed by atoms with Gasteiger partial charge in [-0.2, -0.15) is 0 Å². The molecule has 0 spiro atoms. The standard InChI is InChI=1S/C21H20FN3O3/c1-28-19-7-6-17(22)10-18(19)20(21(26)27)25(13-15-4-2-8-23-11-15)14-16-5-3-9-24-12-16/h2-12,20H,13-14H2,1H3,(H,26,27)/t20-/m1/s1. The Bertz CT molecular complexity index is 881. The molecule has 144 valence electrons. The van der Waals surface area contributed by atoms with Gasteiger partial charge in [0, 0.05) is 43.4 Å². The van der Waals surface area contributed by atoms with Gasteiger partial charge in [0.2, 0.25) is 0 Å². The Balaban J connectivity index is 2.04. The van der Waals surface area contributed by atoms with Crippen molar-refractivity contribution in [2.24, 2.45) is 0 Å². The lowest BCUT2D eigenvalue weighted by atomic mass is 10.0. The molecule has 1 aromatic carbocycles. The average molecular weight is 381 g/mol. The van der Waals surface area contributed by atoms with Gasteiger partial charge in [0.1, 0.15) is 17.6 Å². The van der Waals surface area contributed by atoms with Gasteiger partial charge in [-0.3, -0.25) is 19.7 Å². The van der Waals surface area contributed by atoms with E-state index < -0.39 is 17.8 Å². The SMILES string of the molecule is COc1ccc(F)cc1[C@H](C(=O)O)N(Cc1cccnc1)Cc1cccnc1. The normalized spacial score (nSPS) is 12.0. The minimum Gasteiger partial charge on any atom is -0.496 e. The van der Waals surface area contributed by atoms with Crippen molar-refractivity contribution in [3.8, 4) is 5.75 Å². The number of ether oxygens (including phenoxy) is 1. The predicted molar refractivity (Wildman–Crippen MR) is 101 cm³/mol. The van der Waals surface area contributed by atoms with Crippen LogP contribution in [0.25, 0.3) is 0 Å². The predicted octanol–water partition coefficient (Wildman–Crippen LogP) is 3.45. The number of halogens is 1. The van der Waals surface area contributed by atoms with E-state index in [1.165, 1.54) is 25.3 Å². The minimum atomic E-state index is -1.12. The topological polar surface area (TPSA) is 75.6 Å². The molecule has 1 atom stereocenters. The molecule has 2 aromatic heterocycles. The minimum absolute atomic E-state index is 0.253. The lowest BCUT2D eigenvalue weighted by Gasteiger charge is -2.30. The number of carboxylic acids is 1. The summed E-state index contributed by atoms with van der Waals surface area (Å²) in [5, 5.41) is 10.0. The van der Waals surface area contributed by atoms with Gasteiger partial charge < -0.3 is 9.84 Å². The van der Waals surface area contributed by atoms with Gasteiger partial charge in [-0.25, -0.2) is 4.39 Å². The van der Waals surface area contributed by atoms with E-state index in [1.807, 2.05) is 12.1 Å². The second-order valence-corrected chi connectivity index (χ2v) is 6.25. The largest absolute Gasteiger partial charge is 0.496 e. The second kappa shape index (κ2) is 9.05. The van der Waals surface area contributed by atoms with Crippen LogP contribution in [0.2, 0.25) is 0 Å². The van der Waals surface area contributed by atoms with Gasteiger partial charge in [-0.05, 0) is 41.5 Å². The molecule has 3 aromatic rings. The molecule has 0 radical (unpaired) electrons. The van der Waals surface area contributed by atoms with E-state index in [0.717, 1.165) is 11.1 Å². The molecule has 0 fully saturated rings. The van der Waals surface area contributed by atoms with E-state index in [9.17, 15) is 14.3 Å². The van der Waals surface area contributed by atoms with Crippen LogP contribution in [-0.2, 0) is 17.9 Å². The fourth-order valence-corrected chi connectivity index (χ4v) is 3.10. The highest BCUT2D eigenvalue weighted by Crippen LogP contribution is 2.32. The van der Waals surface area contributed by atoms with Crippen molar-refractivity contribution in [2.45, 2.75) is 19.1 Å². The molecule has 0 saturated heterocycles. The number of aromatic nitrogens is 2. The Morgan fingerprint density at radius 1 is 1.11 bits per heavy atom. The van der Waals surface area contributed by atoms with Crippen LogP contribution in [0.15, 0.2) is 67.3 Å². The van der Waals surface area contributed by atoms with Crippen molar-refractivity contribution >= 4 is 5.97 Å². The maximum atomic E-state index is 13.9. The van der Waals surface area contributed by atoms with Gasteiger partial charge in [0.15, 0.2) is 0 Å². The van der Waals surface area contributed by atoms with E-state index in [2.05, 4.69) is 9.97 Å². The summed E-state index contributed by atoms with van der Waals surface area (Å²) in [5.41, 5.74) is 1.93. The molecule has 1 N–H and O–H groups in total. The zero-order chi connectivity index (χ0) is 19.9. The summed E-state index contributed by atoms with van der Waals surface area (Å²) in [4.78, 5) is 22.2. The summed E-state index contributed by atoms with van der Waals surface area (Å²) in [7, 11) is 1.43. The summed E-state index contributed by atoms with van der Waals surface area (Å²) < 4.78 is 19.2. The number of methoxy groups -OCH3 is 1. The summed E-state index contributed by atoms with van der Waals surface area (Å²) in [6, 6.07) is 10.1. The van der Waals surface area contributed by atoms with Crippen molar-refractivity contribution in [3.63, 3.8) is 0 Å². The second-order valence-electron chi connectivity index (χ2n) is 6.25. The number of carbonyl (C=O) groups is 1.